The lowest BCUT2D eigenvalue weighted by molar-refractivity contribution is 0.0938. The van der Waals surface area contributed by atoms with Crippen molar-refractivity contribution in [2.75, 3.05) is 0 Å². The van der Waals surface area contributed by atoms with Crippen LogP contribution >= 0.6 is 11.6 Å². The molecule has 0 aliphatic carbocycles. The number of carbonyl (C=O) groups excluding carboxylic acids is 1. The number of benzene rings is 3. The Morgan fingerprint density at radius 3 is 2.57 bits per heavy atom. The predicted octanol–water partition coefficient (Wildman–Crippen LogP) is 5.49. The van der Waals surface area contributed by atoms with Gasteiger partial charge >= 0.3 is 0 Å². The Morgan fingerprint density at radius 2 is 1.80 bits per heavy atom. The smallest absolute Gasteiger partial charge is 0.251 e. The van der Waals surface area contributed by atoms with Crippen LogP contribution in [0.2, 0.25) is 5.02 Å². The summed E-state index contributed by atoms with van der Waals surface area (Å²) in [5, 5.41) is 9.33. The van der Waals surface area contributed by atoms with Crippen LogP contribution in [0.3, 0.4) is 0 Å². The Bertz CT molecular complexity index is 1140. The molecular formula is C25H24ClN3O. The molecule has 3 aromatic carbocycles. The molecule has 1 N–H and O–H groups in total. The normalized spacial score (nSPS) is 12.1. The Hall–Kier alpha value is -3.11. The van der Waals surface area contributed by atoms with Gasteiger partial charge in [0, 0.05) is 22.0 Å². The third kappa shape index (κ3) is 4.89. The number of carbonyl (C=O) groups is 1. The molecule has 30 heavy (non-hydrogen) atoms. The van der Waals surface area contributed by atoms with E-state index in [1.807, 2.05) is 78.5 Å². The molecule has 1 heterocycles. The number of nitrogens with one attached hydrogen (secondary N) is 1. The fraction of sp³-hybridized carbons (Fsp3) is 0.200. The highest BCUT2D eigenvalue weighted by Gasteiger charge is 2.12. The quantitative estimate of drug-likeness (QED) is 0.432. The standard InChI is InChI=1S/C25H24ClN3O/c1-18(7-8-19-5-3-2-4-6-19)28-25(30)21-11-12-22-16-27-29(24(22)15-21)17-20-9-13-23(26)14-10-20/h2-6,9-16,18H,7-8,17H2,1H3,(H,28,30)/t18-/m0/s1. The molecule has 0 saturated heterocycles. The van der Waals surface area contributed by atoms with Gasteiger partial charge in [0.15, 0.2) is 0 Å². The largest absolute Gasteiger partial charge is 0.350 e. The monoisotopic (exact) mass is 417 g/mol. The third-order valence-electron chi connectivity index (χ3n) is 5.24. The average Bonchev–Trinajstić information content (AvgIpc) is 3.16. The van der Waals surface area contributed by atoms with Gasteiger partial charge < -0.3 is 5.32 Å². The number of hydrogen-bond donors (Lipinski definition) is 1. The number of amides is 1. The molecule has 0 spiro atoms. The molecule has 0 fully saturated rings. The fourth-order valence-corrected chi connectivity index (χ4v) is 3.63. The van der Waals surface area contributed by atoms with E-state index in [4.69, 9.17) is 11.6 Å². The Labute approximate surface area is 181 Å². The van der Waals surface area contributed by atoms with E-state index in [0.29, 0.717) is 17.1 Å². The van der Waals surface area contributed by atoms with Gasteiger partial charge in [0.25, 0.3) is 5.91 Å². The van der Waals surface area contributed by atoms with Crippen LogP contribution < -0.4 is 5.32 Å². The Balaban J connectivity index is 1.44. The summed E-state index contributed by atoms with van der Waals surface area (Å²) in [6.45, 7) is 2.67. The van der Waals surface area contributed by atoms with Gasteiger partial charge in [0.1, 0.15) is 0 Å². The summed E-state index contributed by atoms with van der Waals surface area (Å²) >= 11 is 5.98. The number of halogens is 1. The maximum absolute atomic E-state index is 12.8. The number of rotatable bonds is 7. The molecule has 0 radical (unpaired) electrons. The van der Waals surface area contributed by atoms with E-state index >= 15 is 0 Å². The molecule has 0 aliphatic rings. The molecule has 0 aliphatic heterocycles. The van der Waals surface area contributed by atoms with Gasteiger partial charge in [-0.15, -0.1) is 0 Å². The van der Waals surface area contributed by atoms with E-state index in [-0.39, 0.29) is 11.9 Å². The van der Waals surface area contributed by atoms with Gasteiger partial charge in [-0.25, -0.2) is 0 Å². The fourth-order valence-electron chi connectivity index (χ4n) is 3.51. The van der Waals surface area contributed by atoms with E-state index < -0.39 is 0 Å². The third-order valence-corrected chi connectivity index (χ3v) is 5.49. The Kier molecular flexibility index (Phi) is 6.15. The van der Waals surface area contributed by atoms with Crippen molar-refractivity contribution in [3.05, 3.63) is 101 Å². The lowest BCUT2D eigenvalue weighted by Gasteiger charge is -2.14. The SMILES string of the molecule is C[C@@H](CCc1ccccc1)NC(=O)c1ccc2cnn(Cc3ccc(Cl)cc3)c2c1. The van der Waals surface area contributed by atoms with E-state index in [9.17, 15) is 4.79 Å². The van der Waals surface area contributed by atoms with Crippen LogP contribution in [0, 0.1) is 0 Å². The topological polar surface area (TPSA) is 46.9 Å². The molecule has 152 valence electrons. The summed E-state index contributed by atoms with van der Waals surface area (Å²) in [5.41, 5.74) is 3.97. The molecule has 1 amide bonds. The van der Waals surface area contributed by atoms with Crippen molar-refractivity contribution in [1.82, 2.24) is 15.1 Å². The molecule has 4 nitrogen and oxygen atoms in total. The molecule has 1 aromatic heterocycles. The zero-order valence-electron chi connectivity index (χ0n) is 16.9. The van der Waals surface area contributed by atoms with E-state index in [1.54, 1.807) is 0 Å². The maximum Gasteiger partial charge on any atom is 0.251 e. The first kappa shape index (κ1) is 20.2. The maximum atomic E-state index is 12.8. The molecule has 0 saturated carbocycles. The van der Waals surface area contributed by atoms with Crippen molar-refractivity contribution in [3.63, 3.8) is 0 Å². The highest BCUT2D eigenvalue weighted by molar-refractivity contribution is 6.30. The van der Waals surface area contributed by atoms with Crippen LogP contribution in [-0.4, -0.2) is 21.7 Å². The zero-order chi connectivity index (χ0) is 20.9. The van der Waals surface area contributed by atoms with Crippen molar-refractivity contribution in [1.29, 1.82) is 0 Å². The summed E-state index contributed by atoms with van der Waals surface area (Å²) in [6, 6.07) is 23.9. The van der Waals surface area contributed by atoms with Gasteiger partial charge in [-0.2, -0.15) is 5.10 Å². The first-order chi connectivity index (χ1) is 14.6. The summed E-state index contributed by atoms with van der Waals surface area (Å²) in [5.74, 6) is -0.0586. The molecule has 5 heteroatoms. The number of fused-ring (bicyclic) bond motifs is 1. The predicted molar refractivity (Wildman–Crippen MR) is 122 cm³/mol. The minimum atomic E-state index is -0.0586. The summed E-state index contributed by atoms with van der Waals surface area (Å²) in [7, 11) is 0. The number of aryl methyl sites for hydroxylation is 1. The minimum Gasteiger partial charge on any atom is -0.350 e. The van der Waals surface area contributed by atoms with Crippen molar-refractivity contribution >= 4 is 28.4 Å². The highest BCUT2D eigenvalue weighted by Crippen LogP contribution is 2.18. The van der Waals surface area contributed by atoms with Crippen LogP contribution in [0.4, 0.5) is 0 Å². The molecule has 1 atom stereocenters. The van der Waals surface area contributed by atoms with Crippen LogP contribution in [-0.2, 0) is 13.0 Å². The van der Waals surface area contributed by atoms with Crippen LogP contribution in [0.15, 0.2) is 79.0 Å². The second-order valence-electron chi connectivity index (χ2n) is 7.60. The van der Waals surface area contributed by atoms with Gasteiger partial charge in [-0.1, -0.05) is 60.1 Å². The summed E-state index contributed by atoms with van der Waals surface area (Å²) in [6.07, 6.45) is 3.66. The molecule has 4 aromatic rings. The summed E-state index contributed by atoms with van der Waals surface area (Å²) in [4.78, 5) is 12.8. The number of hydrogen-bond acceptors (Lipinski definition) is 2. The first-order valence-corrected chi connectivity index (χ1v) is 10.5. The van der Waals surface area contributed by atoms with Gasteiger partial charge in [0.05, 0.1) is 18.3 Å². The van der Waals surface area contributed by atoms with Crippen LogP contribution in [0.5, 0.6) is 0 Å². The van der Waals surface area contributed by atoms with Gasteiger partial charge in [-0.3, -0.25) is 9.48 Å². The van der Waals surface area contributed by atoms with Gasteiger partial charge in [-0.05, 0) is 55.2 Å². The van der Waals surface area contributed by atoms with E-state index in [0.717, 1.165) is 29.3 Å². The molecule has 0 bridgehead atoms. The van der Waals surface area contributed by atoms with Crippen LogP contribution in [0.1, 0.15) is 34.8 Å². The Morgan fingerprint density at radius 1 is 1.03 bits per heavy atom. The van der Waals surface area contributed by atoms with E-state index in [2.05, 4.69) is 22.5 Å². The highest BCUT2D eigenvalue weighted by atomic mass is 35.5. The van der Waals surface area contributed by atoms with Crippen molar-refractivity contribution in [2.45, 2.75) is 32.4 Å². The lowest BCUT2D eigenvalue weighted by Crippen LogP contribution is -2.32. The minimum absolute atomic E-state index is 0.0586. The first-order valence-electron chi connectivity index (χ1n) is 10.1. The number of aromatic nitrogens is 2. The van der Waals surface area contributed by atoms with E-state index in [1.165, 1.54) is 5.56 Å². The van der Waals surface area contributed by atoms with Crippen molar-refractivity contribution in [2.24, 2.45) is 0 Å². The number of nitrogens with zero attached hydrogens (tertiary/aromatic N) is 2. The van der Waals surface area contributed by atoms with Crippen LogP contribution in [0.25, 0.3) is 10.9 Å². The zero-order valence-corrected chi connectivity index (χ0v) is 17.6. The molecule has 4 rings (SSSR count). The van der Waals surface area contributed by atoms with Gasteiger partial charge in [0.2, 0.25) is 0 Å². The van der Waals surface area contributed by atoms with Crippen molar-refractivity contribution in [3.8, 4) is 0 Å². The summed E-state index contributed by atoms with van der Waals surface area (Å²) < 4.78 is 1.91. The average molecular weight is 418 g/mol. The molecule has 0 unspecified atom stereocenters. The lowest BCUT2D eigenvalue weighted by atomic mass is 10.1. The van der Waals surface area contributed by atoms with Crippen molar-refractivity contribution < 1.29 is 4.79 Å². The second kappa shape index (κ2) is 9.14. The second-order valence-corrected chi connectivity index (χ2v) is 8.04. The molecular weight excluding hydrogens is 394 g/mol.